The number of amides is 1. The molecule has 0 aromatic heterocycles. The van der Waals surface area contributed by atoms with Crippen LogP contribution in [-0.2, 0) is 9.53 Å². The number of hydrogen-bond acceptors (Lipinski definition) is 4. The zero-order valence-corrected chi connectivity index (χ0v) is 9.53. The summed E-state index contributed by atoms with van der Waals surface area (Å²) in [6, 6.07) is 0.355. The van der Waals surface area contributed by atoms with E-state index in [1.165, 1.54) is 0 Å². The van der Waals surface area contributed by atoms with Crippen molar-refractivity contribution in [3.63, 3.8) is 0 Å². The van der Waals surface area contributed by atoms with Crippen molar-refractivity contribution in [3.8, 4) is 0 Å². The molecule has 5 nitrogen and oxygen atoms in total. The maximum atomic E-state index is 11.4. The number of ether oxygens (including phenoxy) is 1. The highest BCUT2D eigenvalue weighted by atomic mass is 16.5. The zero-order chi connectivity index (χ0) is 11.3. The summed E-state index contributed by atoms with van der Waals surface area (Å²) in [6.07, 6.45) is 1.22. The smallest absolute Gasteiger partial charge is 0.234 e. The van der Waals surface area contributed by atoms with Crippen molar-refractivity contribution in [3.05, 3.63) is 0 Å². The minimum atomic E-state index is 0.0297. The van der Waals surface area contributed by atoms with E-state index in [9.17, 15) is 4.79 Å². The number of carbonyl (C=O) groups is 1. The SMILES string of the molecule is CC1OCCC1N(C)CC(=O)NCCN. The van der Waals surface area contributed by atoms with Crippen LogP contribution >= 0.6 is 0 Å². The standard InChI is InChI=1S/C10H21N3O2/c1-8-9(3-6-15-8)13(2)7-10(14)12-5-4-11/h8-9H,3-7,11H2,1-2H3,(H,12,14). The van der Waals surface area contributed by atoms with Crippen LogP contribution in [0.25, 0.3) is 0 Å². The van der Waals surface area contributed by atoms with Crippen LogP contribution in [0.1, 0.15) is 13.3 Å². The van der Waals surface area contributed by atoms with Gasteiger partial charge in [-0.15, -0.1) is 0 Å². The number of nitrogens with two attached hydrogens (primary N) is 1. The van der Waals surface area contributed by atoms with Crippen molar-refractivity contribution in [2.75, 3.05) is 33.3 Å². The Bertz CT molecular complexity index is 211. The summed E-state index contributed by atoms with van der Waals surface area (Å²) in [5.74, 6) is 0.0297. The minimum Gasteiger partial charge on any atom is -0.377 e. The highest BCUT2D eigenvalue weighted by Gasteiger charge is 2.28. The van der Waals surface area contributed by atoms with Crippen molar-refractivity contribution in [2.45, 2.75) is 25.5 Å². The number of nitrogens with zero attached hydrogens (tertiary/aromatic N) is 1. The van der Waals surface area contributed by atoms with Gasteiger partial charge in [-0.25, -0.2) is 0 Å². The maximum Gasteiger partial charge on any atom is 0.234 e. The summed E-state index contributed by atoms with van der Waals surface area (Å²) in [5.41, 5.74) is 5.30. The molecule has 0 aromatic rings. The molecule has 2 unspecified atom stereocenters. The highest BCUT2D eigenvalue weighted by Crippen LogP contribution is 2.17. The molecule has 2 atom stereocenters. The molecule has 0 spiro atoms. The van der Waals surface area contributed by atoms with E-state index in [0.717, 1.165) is 13.0 Å². The highest BCUT2D eigenvalue weighted by molar-refractivity contribution is 5.78. The fraction of sp³-hybridized carbons (Fsp3) is 0.900. The molecule has 1 heterocycles. The topological polar surface area (TPSA) is 67.6 Å². The zero-order valence-electron chi connectivity index (χ0n) is 9.53. The van der Waals surface area contributed by atoms with Crippen LogP contribution in [0.2, 0.25) is 0 Å². The Morgan fingerprint density at radius 2 is 2.40 bits per heavy atom. The van der Waals surface area contributed by atoms with Gasteiger partial charge in [-0.2, -0.15) is 0 Å². The van der Waals surface area contributed by atoms with Crippen molar-refractivity contribution in [1.82, 2.24) is 10.2 Å². The number of carbonyl (C=O) groups excluding carboxylic acids is 1. The molecule has 0 aliphatic carbocycles. The van der Waals surface area contributed by atoms with Crippen LogP contribution in [0.5, 0.6) is 0 Å². The summed E-state index contributed by atoms with van der Waals surface area (Å²) in [4.78, 5) is 13.5. The Morgan fingerprint density at radius 1 is 1.67 bits per heavy atom. The second-order valence-electron chi connectivity index (χ2n) is 3.99. The van der Waals surface area contributed by atoms with Crippen molar-refractivity contribution in [2.24, 2.45) is 5.73 Å². The van der Waals surface area contributed by atoms with E-state index in [1.54, 1.807) is 0 Å². The molecule has 1 aliphatic rings. The van der Waals surface area contributed by atoms with Crippen LogP contribution < -0.4 is 11.1 Å². The van der Waals surface area contributed by atoms with E-state index in [2.05, 4.69) is 5.32 Å². The van der Waals surface area contributed by atoms with Crippen molar-refractivity contribution < 1.29 is 9.53 Å². The molecule has 15 heavy (non-hydrogen) atoms. The predicted molar refractivity (Wildman–Crippen MR) is 58.5 cm³/mol. The van der Waals surface area contributed by atoms with Gasteiger partial charge in [0.15, 0.2) is 0 Å². The fourth-order valence-electron chi connectivity index (χ4n) is 1.91. The second-order valence-corrected chi connectivity index (χ2v) is 3.99. The van der Waals surface area contributed by atoms with Gasteiger partial charge in [-0.05, 0) is 20.4 Å². The predicted octanol–water partition coefficient (Wildman–Crippen LogP) is -0.829. The lowest BCUT2D eigenvalue weighted by Crippen LogP contribution is -2.44. The van der Waals surface area contributed by atoms with Crippen LogP contribution in [0.3, 0.4) is 0 Å². The number of rotatable bonds is 5. The normalized spacial score (nSPS) is 25.9. The number of nitrogens with one attached hydrogen (secondary N) is 1. The summed E-state index contributed by atoms with van der Waals surface area (Å²) in [7, 11) is 1.96. The quantitative estimate of drug-likeness (QED) is 0.628. The first-order chi connectivity index (χ1) is 7.15. The van der Waals surface area contributed by atoms with E-state index < -0.39 is 0 Å². The fourth-order valence-corrected chi connectivity index (χ4v) is 1.91. The van der Waals surface area contributed by atoms with Gasteiger partial charge >= 0.3 is 0 Å². The summed E-state index contributed by atoms with van der Waals surface area (Å²) >= 11 is 0. The van der Waals surface area contributed by atoms with Crippen LogP contribution in [0, 0.1) is 0 Å². The summed E-state index contributed by atoms with van der Waals surface area (Å²) in [6.45, 7) is 4.28. The molecule has 1 fully saturated rings. The third kappa shape index (κ3) is 3.77. The Hall–Kier alpha value is -0.650. The molecule has 0 radical (unpaired) electrons. The molecule has 1 saturated heterocycles. The summed E-state index contributed by atoms with van der Waals surface area (Å²) < 4.78 is 5.46. The minimum absolute atomic E-state index is 0.0297. The Morgan fingerprint density at radius 3 is 2.93 bits per heavy atom. The number of likely N-dealkylation sites (N-methyl/N-ethyl adjacent to an activating group) is 1. The van der Waals surface area contributed by atoms with Crippen molar-refractivity contribution >= 4 is 5.91 Å². The first-order valence-corrected chi connectivity index (χ1v) is 5.43. The van der Waals surface area contributed by atoms with E-state index in [4.69, 9.17) is 10.5 Å². The lowest BCUT2D eigenvalue weighted by molar-refractivity contribution is -0.122. The van der Waals surface area contributed by atoms with Crippen LogP contribution in [0.15, 0.2) is 0 Å². The van der Waals surface area contributed by atoms with E-state index in [-0.39, 0.29) is 12.0 Å². The van der Waals surface area contributed by atoms with Gasteiger partial charge in [0.25, 0.3) is 0 Å². The van der Waals surface area contributed by atoms with Gasteiger partial charge in [0.05, 0.1) is 12.6 Å². The van der Waals surface area contributed by atoms with Gasteiger partial charge in [-0.3, -0.25) is 9.69 Å². The van der Waals surface area contributed by atoms with Crippen LogP contribution in [-0.4, -0.2) is 56.2 Å². The van der Waals surface area contributed by atoms with Gasteiger partial charge in [0, 0.05) is 25.7 Å². The molecule has 0 bridgehead atoms. The molecule has 1 amide bonds. The van der Waals surface area contributed by atoms with Crippen LogP contribution in [0.4, 0.5) is 0 Å². The van der Waals surface area contributed by atoms with Crippen molar-refractivity contribution in [1.29, 1.82) is 0 Å². The van der Waals surface area contributed by atoms with Gasteiger partial charge in [-0.1, -0.05) is 0 Å². The maximum absolute atomic E-state index is 11.4. The third-order valence-corrected chi connectivity index (χ3v) is 2.76. The average molecular weight is 215 g/mol. The lowest BCUT2D eigenvalue weighted by Gasteiger charge is -2.25. The Kier molecular flexibility index (Phi) is 5.01. The first kappa shape index (κ1) is 12.4. The van der Waals surface area contributed by atoms with Gasteiger partial charge in [0.1, 0.15) is 0 Å². The molecule has 5 heteroatoms. The molecular formula is C10H21N3O2. The summed E-state index contributed by atoms with van der Waals surface area (Å²) in [5, 5.41) is 2.76. The van der Waals surface area contributed by atoms with E-state index in [1.807, 2.05) is 18.9 Å². The number of hydrogen-bond donors (Lipinski definition) is 2. The third-order valence-electron chi connectivity index (χ3n) is 2.76. The molecule has 3 N–H and O–H groups in total. The monoisotopic (exact) mass is 215 g/mol. The largest absolute Gasteiger partial charge is 0.377 e. The Balaban J connectivity index is 2.28. The second kappa shape index (κ2) is 6.05. The molecular weight excluding hydrogens is 194 g/mol. The van der Waals surface area contributed by atoms with E-state index in [0.29, 0.717) is 25.7 Å². The van der Waals surface area contributed by atoms with Gasteiger partial charge < -0.3 is 15.8 Å². The molecule has 1 aliphatic heterocycles. The van der Waals surface area contributed by atoms with Gasteiger partial charge in [0.2, 0.25) is 5.91 Å². The molecule has 0 aromatic carbocycles. The molecule has 0 saturated carbocycles. The molecule has 88 valence electrons. The molecule has 1 rings (SSSR count). The first-order valence-electron chi connectivity index (χ1n) is 5.43. The lowest BCUT2D eigenvalue weighted by atomic mass is 10.1. The Labute approximate surface area is 90.9 Å². The average Bonchev–Trinajstić information content (AvgIpc) is 2.61. The van der Waals surface area contributed by atoms with E-state index >= 15 is 0 Å².